The molecule has 0 radical (unpaired) electrons. The molecule has 0 saturated carbocycles. The highest BCUT2D eigenvalue weighted by Gasteiger charge is 2.30. The van der Waals surface area contributed by atoms with Crippen LogP contribution in [-0.4, -0.2) is 32.0 Å². The highest BCUT2D eigenvalue weighted by molar-refractivity contribution is 7.88. The van der Waals surface area contributed by atoms with Crippen molar-refractivity contribution in [1.29, 1.82) is 0 Å². The van der Waals surface area contributed by atoms with Gasteiger partial charge in [0, 0.05) is 24.8 Å². The van der Waals surface area contributed by atoms with Crippen LogP contribution >= 0.6 is 0 Å². The summed E-state index contributed by atoms with van der Waals surface area (Å²) in [5.41, 5.74) is 1.53. The molecule has 25 heavy (non-hydrogen) atoms. The van der Waals surface area contributed by atoms with Gasteiger partial charge in [-0.15, -0.1) is 0 Å². The third-order valence-corrected chi connectivity index (χ3v) is 5.58. The molecule has 1 aliphatic rings. The van der Waals surface area contributed by atoms with Gasteiger partial charge in [-0.05, 0) is 31.0 Å². The quantitative estimate of drug-likeness (QED) is 0.761. The first kappa shape index (κ1) is 17.7. The summed E-state index contributed by atoms with van der Waals surface area (Å²) < 4.78 is 33.1. The Bertz CT molecular complexity index is 840. The molecule has 2 heterocycles. The molecule has 7 nitrogen and oxygen atoms in total. The topological polar surface area (TPSA) is 89.4 Å². The standard InChI is InChI=1S/C17H21N3O4S/c1-18-25(22,23)20-11-9-14(15-8-5-10-19-15)16(20)17(21)24-12-13-6-3-2-4-7-13/h2-4,6-7,9,11,15,18-19H,5,8,10,12H2,1H3. The average Bonchev–Trinajstić information content (AvgIpc) is 3.29. The Labute approximate surface area is 147 Å². The minimum absolute atomic E-state index is 0.0460. The maximum Gasteiger partial charge on any atom is 0.356 e. The Hall–Kier alpha value is -2.16. The number of hydrogen-bond acceptors (Lipinski definition) is 5. The highest BCUT2D eigenvalue weighted by atomic mass is 32.2. The van der Waals surface area contributed by atoms with E-state index in [-0.39, 0.29) is 18.3 Å². The Kier molecular flexibility index (Phi) is 5.22. The van der Waals surface area contributed by atoms with Crippen molar-refractivity contribution in [2.24, 2.45) is 0 Å². The predicted octanol–water partition coefficient (Wildman–Crippen LogP) is 1.58. The first-order chi connectivity index (χ1) is 12.0. The van der Waals surface area contributed by atoms with E-state index in [1.54, 1.807) is 6.07 Å². The van der Waals surface area contributed by atoms with E-state index in [2.05, 4.69) is 10.0 Å². The summed E-state index contributed by atoms with van der Waals surface area (Å²) in [4.78, 5) is 12.7. The lowest BCUT2D eigenvalue weighted by Gasteiger charge is -2.14. The van der Waals surface area contributed by atoms with E-state index in [0.29, 0.717) is 5.56 Å². The van der Waals surface area contributed by atoms with Crippen molar-refractivity contribution in [1.82, 2.24) is 14.0 Å². The van der Waals surface area contributed by atoms with Crippen molar-refractivity contribution in [3.8, 4) is 0 Å². The van der Waals surface area contributed by atoms with Gasteiger partial charge in [0.15, 0.2) is 0 Å². The van der Waals surface area contributed by atoms with Crippen LogP contribution in [0.3, 0.4) is 0 Å². The van der Waals surface area contributed by atoms with Crippen LogP contribution in [0, 0.1) is 0 Å². The lowest BCUT2D eigenvalue weighted by Crippen LogP contribution is -2.30. The zero-order valence-electron chi connectivity index (χ0n) is 13.9. The van der Waals surface area contributed by atoms with E-state index < -0.39 is 16.2 Å². The molecule has 0 aliphatic carbocycles. The van der Waals surface area contributed by atoms with Gasteiger partial charge >= 0.3 is 16.2 Å². The second-order valence-corrected chi connectivity index (χ2v) is 7.59. The van der Waals surface area contributed by atoms with E-state index in [4.69, 9.17) is 4.74 Å². The van der Waals surface area contributed by atoms with Gasteiger partial charge in [0.05, 0.1) is 0 Å². The number of hydrogen-bond donors (Lipinski definition) is 2. The number of carbonyl (C=O) groups excluding carboxylic acids is 1. The molecule has 0 amide bonds. The summed E-state index contributed by atoms with van der Waals surface area (Å²) in [6, 6.07) is 10.9. The van der Waals surface area contributed by atoms with E-state index in [1.165, 1.54) is 13.2 Å². The molecule has 2 N–H and O–H groups in total. The molecule has 0 bridgehead atoms. The zero-order chi connectivity index (χ0) is 17.9. The second-order valence-electron chi connectivity index (χ2n) is 5.84. The van der Waals surface area contributed by atoms with Crippen LogP contribution in [0.1, 0.15) is 40.5 Å². The number of esters is 1. The third-order valence-electron chi connectivity index (χ3n) is 4.24. The van der Waals surface area contributed by atoms with Crippen LogP contribution < -0.4 is 10.0 Å². The second kappa shape index (κ2) is 7.38. The van der Waals surface area contributed by atoms with Gasteiger partial charge in [-0.25, -0.2) is 13.5 Å². The molecule has 8 heteroatoms. The minimum atomic E-state index is -3.83. The number of carbonyl (C=O) groups is 1. The van der Waals surface area contributed by atoms with Crippen LogP contribution in [0.15, 0.2) is 42.6 Å². The Morgan fingerprint density at radius 1 is 1.32 bits per heavy atom. The average molecular weight is 363 g/mol. The fourth-order valence-corrected chi connectivity index (χ4v) is 3.80. The van der Waals surface area contributed by atoms with E-state index in [1.807, 2.05) is 30.3 Å². The SMILES string of the molecule is CNS(=O)(=O)n1ccc(C2CCCN2)c1C(=O)OCc1ccccc1. The van der Waals surface area contributed by atoms with Crippen LogP contribution in [0.2, 0.25) is 0 Å². The van der Waals surface area contributed by atoms with Gasteiger partial charge in [0.25, 0.3) is 0 Å². The van der Waals surface area contributed by atoms with Crippen molar-refractivity contribution in [2.45, 2.75) is 25.5 Å². The molecule has 1 saturated heterocycles. The number of ether oxygens (including phenoxy) is 1. The number of benzene rings is 1. The summed E-state index contributed by atoms with van der Waals surface area (Å²) in [6.07, 6.45) is 3.22. The molecular weight excluding hydrogens is 342 g/mol. The summed E-state index contributed by atoms with van der Waals surface area (Å²) in [5, 5.41) is 3.29. The lowest BCUT2D eigenvalue weighted by atomic mass is 10.1. The summed E-state index contributed by atoms with van der Waals surface area (Å²) in [7, 11) is -2.52. The molecule has 1 unspecified atom stereocenters. The summed E-state index contributed by atoms with van der Waals surface area (Å²) in [5.74, 6) is -0.656. The number of aromatic nitrogens is 1. The molecule has 1 atom stereocenters. The van der Waals surface area contributed by atoms with Gasteiger partial charge in [-0.3, -0.25) is 0 Å². The van der Waals surface area contributed by atoms with Gasteiger partial charge < -0.3 is 10.1 Å². The fraction of sp³-hybridized carbons (Fsp3) is 0.353. The van der Waals surface area contributed by atoms with E-state index in [0.717, 1.165) is 28.9 Å². The maximum absolute atomic E-state index is 12.7. The van der Waals surface area contributed by atoms with Crippen molar-refractivity contribution in [2.75, 3.05) is 13.6 Å². The molecule has 1 aromatic heterocycles. The smallest absolute Gasteiger partial charge is 0.356 e. The Morgan fingerprint density at radius 2 is 2.08 bits per heavy atom. The minimum Gasteiger partial charge on any atom is -0.456 e. The van der Waals surface area contributed by atoms with Crippen LogP contribution in [-0.2, 0) is 21.6 Å². The van der Waals surface area contributed by atoms with Gasteiger partial charge in [0.1, 0.15) is 12.3 Å². The molecule has 2 aromatic rings. The van der Waals surface area contributed by atoms with Crippen molar-refractivity contribution < 1.29 is 17.9 Å². The van der Waals surface area contributed by atoms with Crippen molar-refractivity contribution in [3.05, 3.63) is 59.4 Å². The number of rotatable bonds is 6. The van der Waals surface area contributed by atoms with E-state index in [9.17, 15) is 13.2 Å². The first-order valence-corrected chi connectivity index (χ1v) is 9.56. The molecule has 0 spiro atoms. The predicted molar refractivity (Wildman–Crippen MR) is 93.3 cm³/mol. The summed E-state index contributed by atoms with van der Waals surface area (Å²) in [6.45, 7) is 0.926. The monoisotopic (exact) mass is 363 g/mol. The van der Waals surface area contributed by atoms with Gasteiger partial charge in [0.2, 0.25) is 0 Å². The molecule has 1 aliphatic heterocycles. The fourth-order valence-electron chi connectivity index (χ4n) is 2.96. The van der Waals surface area contributed by atoms with E-state index >= 15 is 0 Å². The third kappa shape index (κ3) is 3.76. The largest absolute Gasteiger partial charge is 0.456 e. The normalized spacial score (nSPS) is 17.6. The molecule has 134 valence electrons. The van der Waals surface area contributed by atoms with Gasteiger partial charge in [-0.1, -0.05) is 30.3 Å². The highest BCUT2D eigenvalue weighted by Crippen LogP contribution is 2.28. The van der Waals surface area contributed by atoms with Crippen molar-refractivity contribution in [3.63, 3.8) is 0 Å². The van der Waals surface area contributed by atoms with Crippen molar-refractivity contribution >= 4 is 16.2 Å². The maximum atomic E-state index is 12.7. The number of nitrogens with one attached hydrogen (secondary N) is 2. The number of nitrogens with zero attached hydrogens (tertiary/aromatic N) is 1. The Morgan fingerprint density at radius 3 is 2.72 bits per heavy atom. The zero-order valence-corrected chi connectivity index (χ0v) is 14.8. The molecule has 1 aromatic carbocycles. The molecule has 1 fully saturated rings. The summed E-state index contributed by atoms with van der Waals surface area (Å²) >= 11 is 0. The van der Waals surface area contributed by atoms with Crippen LogP contribution in [0.4, 0.5) is 0 Å². The molecular formula is C17H21N3O4S. The Balaban J connectivity index is 1.91. The lowest BCUT2D eigenvalue weighted by molar-refractivity contribution is 0.0462. The van der Waals surface area contributed by atoms with Crippen LogP contribution in [0.5, 0.6) is 0 Å². The van der Waals surface area contributed by atoms with Crippen LogP contribution in [0.25, 0.3) is 0 Å². The van der Waals surface area contributed by atoms with Gasteiger partial charge in [-0.2, -0.15) is 8.42 Å². The first-order valence-electron chi connectivity index (χ1n) is 8.12. The molecule has 3 rings (SSSR count).